The molecule has 0 unspecified atom stereocenters. The molecule has 0 saturated carbocycles. The molecule has 1 fully saturated rings. The molecule has 0 aliphatic carbocycles. The Morgan fingerprint density at radius 1 is 0.967 bits per heavy atom. The smallest absolute Gasteiger partial charge is 0.251 e. The maximum absolute atomic E-state index is 13.1. The van der Waals surface area contributed by atoms with Crippen LogP contribution in [0.2, 0.25) is 0 Å². The second kappa shape index (κ2) is 10.2. The standard InChI is InChI=1S/C24H32N2O3S/c1-19-9-12-21(13-10-19)8-7-15-25-24(27)23-18-22(14-11-20(23)2)30(28,29)26-16-5-3-4-6-17-26/h9-14,18H,3-8,15-17H2,1-2H3,(H,25,27). The maximum atomic E-state index is 13.1. The highest BCUT2D eigenvalue weighted by atomic mass is 32.2. The van der Waals surface area contributed by atoms with Crippen LogP contribution in [0.3, 0.4) is 0 Å². The summed E-state index contributed by atoms with van der Waals surface area (Å²) < 4.78 is 27.7. The number of carbonyl (C=O) groups is 1. The van der Waals surface area contributed by atoms with Crippen molar-refractivity contribution in [3.05, 3.63) is 64.7 Å². The zero-order valence-corrected chi connectivity index (χ0v) is 18.8. The summed E-state index contributed by atoms with van der Waals surface area (Å²) in [5, 5.41) is 2.94. The van der Waals surface area contributed by atoms with E-state index < -0.39 is 10.0 Å². The summed E-state index contributed by atoms with van der Waals surface area (Å²) >= 11 is 0. The first-order valence-electron chi connectivity index (χ1n) is 10.8. The lowest BCUT2D eigenvalue weighted by Gasteiger charge is -2.20. The Kier molecular flexibility index (Phi) is 7.67. The number of amides is 1. The fraction of sp³-hybridized carbons (Fsp3) is 0.458. The van der Waals surface area contributed by atoms with Gasteiger partial charge in [-0.3, -0.25) is 4.79 Å². The number of hydrogen-bond acceptors (Lipinski definition) is 3. The number of benzene rings is 2. The van der Waals surface area contributed by atoms with Crippen molar-refractivity contribution >= 4 is 15.9 Å². The summed E-state index contributed by atoms with van der Waals surface area (Å²) in [6.45, 7) is 5.56. The number of hydrogen-bond donors (Lipinski definition) is 1. The van der Waals surface area contributed by atoms with E-state index in [0.717, 1.165) is 44.1 Å². The minimum Gasteiger partial charge on any atom is -0.352 e. The molecule has 1 heterocycles. The van der Waals surface area contributed by atoms with E-state index in [2.05, 4.69) is 36.5 Å². The lowest BCUT2D eigenvalue weighted by molar-refractivity contribution is 0.0952. The third-order valence-electron chi connectivity index (χ3n) is 5.70. The van der Waals surface area contributed by atoms with E-state index >= 15 is 0 Å². The van der Waals surface area contributed by atoms with Crippen LogP contribution in [0.5, 0.6) is 0 Å². The van der Waals surface area contributed by atoms with Crippen LogP contribution in [0.4, 0.5) is 0 Å². The number of carbonyl (C=O) groups excluding carboxylic acids is 1. The second-order valence-corrected chi connectivity index (χ2v) is 10.1. The Morgan fingerprint density at radius 3 is 2.30 bits per heavy atom. The van der Waals surface area contributed by atoms with Crippen LogP contribution in [0.25, 0.3) is 0 Å². The van der Waals surface area contributed by atoms with E-state index in [1.54, 1.807) is 16.4 Å². The molecule has 0 radical (unpaired) electrons. The maximum Gasteiger partial charge on any atom is 0.251 e. The molecule has 30 heavy (non-hydrogen) atoms. The highest BCUT2D eigenvalue weighted by Crippen LogP contribution is 2.22. The summed E-state index contributed by atoms with van der Waals surface area (Å²) in [5.74, 6) is -0.218. The summed E-state index contributed by atoms with van der Waals surface area (Å²) in [4.78, 5) is 12.9. The quantitative estimate of drug-likeness (QED) is 0.671. The molecule has 0 atom stereocenters. The van der Waals surface area contributed by atoms with Gasteiger partial charge in [-0.1, -0.05) is 48.7 Å². The summed E-state index contributed by atoms with van der Waals surface area (Å²) in [5.41, 5.74) is 3.69. The number of aryl methyl sites for hydroxylation is 3. The SMILES string of the molecule is Cc1ccc(CCCNC(=O)c2cc(S(=O)(=O)N3CCCCCC3)ccc2C)cc1. The van der Waals surface area contributed by atoms with Gasteiger partial charge in [0.05, 0.1) is 4.90 Å². The van der Waals surface area contributed by atoms with Gasteiger partial charge >= 0.3 is 0 Å². The molecule has 3 rings (SSSR count). The normalized spacial score (nSPS) is 15.5. The van der Waals surface area contributed by atoms with Crippen LogP contribution in [0.15, 0.2) is 47.4 Å². The molecule has 2 aromatic carbocycles. The van der Waals surface area contributed by atoms with Crippen molar-refractivity contribution in [2.75, 3.05) is 19.6 Å². The summed E-state index contributed by atoms with van der Waals surface area (Å²) in [7, 11) is -3.57. The van der Waals surface area contributed by atoms with Gasteiger partial charge in [-0.05, 0) is 62.8 Å². The van der Waals surface area contributed by atoms with Crippen LogP contribution >= 0.6 is 0 Å². The molecule has 1 N–H and O–H groups in total. The number of nitrogens with zero attached hydrogens (tertiary/aromatic N) is 1. The van der Waals surface area contributed by atoms with Gasteiger partial charge in [-0.15, -0.1) is 0 Å². The Labute approximate surface area is 180 Å². The number of nitrogens with one attached hydrogen (secondary N) is 1. The zero-order valence-electron chi connectivity index (χ0n) is 18.0. The second-order valence-electron chi connectivity index (χ2n) is 8.14. The minimum atomic E-state index is -3.57. The number of sulfonamides is 1. The molecule has 162 valence electrons. The Morgan fingerprint density at radius 2 is 1.63 bits per heavy atom. The van der Waals surface area contributed by atoms with Gasteiger partial charge in [-0.25, -0.2) is 8.42 Å². The van der Waals surface area contributed by atoms with Crippen molar-refractivity contribution in [2.24, 2.45) is 0 Å². The van der Waals surface area contributed by atoms with Crippen LogP contribution < -0.4 is 5.32 Å². The fourth-order valence-electron chi connectivity index (χ4n) is 3.78. The molecule has 1 aliphatic rings. The Bertz CT molecular complexity index is 960. The summed E-state index contributed by atoms with van der Waals surface area (Å²) in [6.07, 6.45) is 5.63. The molecule has 0 spiro atoms. The van der Waals surface area contributed by atoms with Crippen molar-refractivity contribution in [3.63, 3.8) is 0 Å². The average molecular weight is 429 g/mol. The van der Waals surface area contributed by atoms with E-state index in [-0.39, 0.29) is 10.8 Å². The van der Waals surface area contributed by atoms with Crippen molar-refractivity contribution < 1.29 is 13.2 Å². The number of rotatable bonds is 7. The minimum absolute atomic E-state index is 0.208. The van der Waals surface area contributed by atoms with Gasteiger partial charge in [0.2, 0.25) is 10.0 Å². The molecular weight excluding hydrogens is 396 g/mol. The predicted octanol–water partition coefficient (Wildman–Crippen LogP) is 4.23. The van der Waals surface area contributed by atoms with E-state index in [1.165, 1.54) is 17.2 Å². The molecule has 0 bridgehead atoms. The molecule has 6 heteroatoms. The van der Waals surface area contributed by atoms with E-state index in [4.69, 9.17) is 0 Å². The van der Waals surface area contributed by atoms with E-state index in [9.17, 15) is 13.2 Å². The van der Waals surface area contributed by atoms with Gasteiger partial charge in [0.15, 0.2) is 0 Å². The van der Waals surface area contributed by atoms with Crippen LogP contribution in [0, 0.1) is 13.8 Å². The first kappa shape index (κ1) is 22.5. The van der Waals surface area contributed by atoms with Crippen LogP contribution in [0.1, 0.15) is 59.2 Å². The fourth-order valence-corrected chi connectivity index (χ4v) is 5.33. The summed E-state index contributed by atoms with van der Waals surface area (Å²) in [6, 6.07) is 13.3. The molecule has 1 saturated heterocycles. The van der Waals surface area contributed by atoms with Crippen LogP contribution in [-0.2, 0) is 16.4 Å². The monoisotopic (exact) mass is 428 g/mol. The third kappa shape index (κ3) is 5.70. The van der Waals surface area contributed by atoms with Crippen molar-refractivity contribution in [1.29, 1.82) is 0 Å². The molecular formula is C24H32N2O3S. The van der Waals surface area contributed by atoms with Crippen molar-refractivity contribution in [1.82, 2.24) is 9.62 Å². The highest BCUT2D eigenvalue weighted by molar-refractivity contribution is 7.89. The van der Waals surface area contributed by atoms with E-state index in [1.807, 2.05) is 6.92 Å². The largest absolute Gasteiger partial charge is 0.352 e. The van der Waals surface area contributed by atoms with E-state index in [0.29, 0.717) is 25.2 Å². The lowest BCUT2D eigenvalue weighted by Crippen LogP contribution is -2.32. The molecule has 5 nitrogen and oxygen atoms in total. The van der Waals surface area contributed by atoms with Gasteiger partial charge < -0.3 is 5.32 Å². The van der Waals surface area contributed by atoms with Crippen molar-refractivity contribution in [2.45, 2.75) is 57.3 Å². The topological polar surface area (TPSA) is 66.5 Å². The lowest BCUT2D eigenvalue weighted by atomic mass is 10.1. The zero-order chi connectivity index (χ0) is 21.6. The Hall–Kier alpha value is -2.18. The molecule has 2 aromatic rings. The average Bonchev–Trinajstić information content (AvgIpc) is 3.03. The highest BCUT2D eigenvalue weighted by Gasteiger charge is 2.26. The first-order valence-corrected chi connectivity index (χ1v) is 12.3. The molecule has 1 aliphatic heterocycles. The van der Waals surface area contributed by atoms with Gasteiger partial charge in [0.1, 0.15) is 0 Å². The Balaban J connectivity index is 1.63. The molecule has 1 amide bonds. The van der Waals surface area contributed by atoms with Gasteiger partial charge in [-0.2, -0.15) is 4.31 Å². The third-order valence-corrected chi connectivity index (χ3v) is 7.60. The van der Waals surface area contributed by atoms with Gasteiger partial charge in [0.25, 0.3) is 5.91 Å². The van der Waals surface area contributed by atoms with Gasteiger partial charge in [0, 0.05) is 25.2 Å². The van der Waals surface area contributed by atoms with Crippen molar-refractivity contribution in [3.8, 4) is 0 Å². The molecule has 0 aromatic heterocycles. The van der Waals surface area contributed by atoms with Crippen LogP contribution in [-0.4, -0.2) is 38.3 Å². The first-order chi connectivity index (χ1) is 14.4. The predicted molar refractivity (Wildman–Crippen MR) is 120 cm³/mol.